The molecular weight excluding hydrogens is 376 g/mol. The van der Waals surface area contributed by atoms with Crippen LogP contribution >= 0.6 is 0 Å². The summed E-state index contributed by atoms with van der Waals surface area (Å²) in [4.78, 5) is 12.6. The molecule has 1 aliphatic rings. The topological polar surface area (TPSA) is 101 Å². The second kappa shape index (κ2) is 6.73. The first-order valence-electron chi connectivity index (χ1n) is 7.89. The Balaban J connectivity index is 1.84. The second-order valence-corrected chi connectivity index (χ2v) is 10.1. The van der Waals surface area contributed by atoms with Crippen LogP contribution in [0.1, 0.15) is 16.8 Å². The maximum Gasteiger partial charge on any atom is 0.255 e. The van der Waals surface area contributed by atoms with Gasteiger partial charge in [0, 0.05) is 24.1 Å². The fourth-order valence-electron chi connectivity index (χ4n) is 2.74. The molecule has 1 aliphatic heterocycles. The van der Waals surface area contributed by atoms with E-state index in [1.54, 1.807) is 30.3 Å². The highest BCUT2D eigenvalue weighted by atomic mass is 32.2. The standard InChI is InChI=1S/C17H18N2O5S2/c1-25(21,22)16-8-3-6-14(12-16)18-17(20)13-5-2-7-15(11-13)19-9-4-10-26(19,23)24/h2-3,5-8,11-12H,4,9-10H2,1H3,(H,18,20). The van der Waals surface area contributed by atoms with E-state index in [0.717, 1.165) is 6.26 Å². The maximum atomic E-state index is 12.5. The first-order valence-corrected chi connectivity index (χ1v) is 11.4. The van der Waals surface area contributed by atoms with E-state index in [9.17, 15) is 21.6 Å². The summed E-state index contributed by atoms with van der Waals surface area (Å²) in [5.74, 6) is -0.351. The van der Waals surface area contributed by atoms with Crippen molar-refractivity contribution in [2.24, 2.45) is 0 Å². The molecule has 7 nitrogen and oxygen atoms in total. The monoisotopic (exact) mass is 394 g/mol. The predicted molar refractivity (Wildman–Crippen MR) is 99.7 cm³/mol. The van der Waals surface area contributed by atoms with Gasteiger partial charge in [0.2, 0.25) is 10.0 Å². The minimum atomic E-state index is -3.38. The minimum absolute atomic E-state index is 0.0989. The van der Waals surface area contributed by atoms with Gasteiger partial charge in [0.15, 0.2) is 9.84 Å². The first-order chi connectivity index (χ1) is 12.2. The third-order valence-electron chi connectivity index (χ3n) is 4.02. The number of anilines is 2. The van der Waals surface area contributed by atoms with E-state index >= 15 is 0 Å². The molecule has 138 valence electrons. The molecule has 0 spiro atoms. The highest BCUT2D eigenvalue weighted by Gasteiger charge is 2.28. The molecule has 26 heavy (non-hydrogen) atoms. The fraction of sp³-hybridized carbons (Fsp3) is 0.235. The summed E-state index contributed by atoms with van der Waals surface area (Å²) in [7, 11) is -6.71. The third-order valence-corrected chi connectivity index (χ3v) is 7.00. The average molecular weight is 394 g/mol. The van der Waals surface area contributed by atoms with Gasteiger partial charge in [-0.25, -0.2) is 16.8 Å². The van der Waals surface area contributed by atoms with Gasteiger partial charge < -0.3 is 5.32 Å². The van der Waals surface area contributed by atoms with Crippen LogP contribution in [0.5, 0.6) is 0 Å². The lowest BCUT2D eigenvalue weighted by molar-refractivity contribution is 0.102. The Bertz CT molecular complexity index is 1060. The predicted octanol–water partition coefficient (Wildman–Crippen LogP) is 1.88. The Labute approximate surface area is 152 Å². The van der Waals surface area contributed by atoms with Crippen LogP contribution in [0.15, 0.2) is 53.4 Å². The van der Waals surface area contributed by atoms with Crippen molar-refractivity contribution in [1.29, 1.82) is 0 Å². The van der Waals surface area contributed by atoms with Crippen molar-refractivity contribution in [2.75, 3.05) is 28.2 Å². The van der Waals surface area contributed by atoms with Crippen LogP contribution in [0.3, 0.4) is 0 Å². The summed E-state index contributed by atoms with van der Waals surface area (Å²) in [5, 5.41) is 2.64. The van der Waals surface area contributed by atoms with E-state index in [1.165, 1.54) is 22.5 Å². The van der Waals surface area contributed by atoms with Crippen molar-refractivity contribution in [3.8, 4) is 0 Å². The van der Waals surface area contributed by atoms with Crippen LogP contribution in [-0.2, 0) is 19.9 Å². The van der Waals surface area contributed by atoms with Gasteiger partial charge in [-0.3, -0.25) is 9.10 Å². The molecule has 2 aromatic carbocycles. The molecule has 1 N–H and O–H groups in total. The summed E-state index contributed by atoms with van der Waals surface area (Å²) in [5.41, 5.74) is 1.08. The fourth-order valence-corrected chi connectivity index (χ4v) is 4.96. The third kappa shape index (κ3) is 3.88. The van der Waals surface area contributed by atoms with Crippen LogP contribution < -0.4 is 9.62 Å². The number of hydrogen-bond acceptors (Lipinski definition) is 5. The number of nitrogens with zero attached hydrogens (tertiary/aromatic N) is 1. The van der Waals surface area contributed by atoms with E-state index in [-0.39, 0.29) is 16.2 Å². The van der Waals surface area contributed by atoms with Gasteiger partial charge >= 0.3 is 0 Å². The first kappa shape index (κ1) is 18.4. The molecule has 1 saturated heterocycles. The molecule has 0 atom stereocenters. The summed E-state index contributed by atoms with van der Waals surface area (Å²) in [6.45, 7) is 0.393. The van der Waals surface area contributed by atoms with Gasteiger partial charge in [0.05, 0.1) is 16.3 Å². The van der Waals surface area contributed by atoms with Crippen molar-refractivity contribution in [3.63, 3.8) is 0 Å². The van der Waals surface area contributed by atoms with E-state index in [1.807, 2.05) is 0 Å². The molecule has 0 radical (unpaired) electrons. The molecular formula is C17H18N2O5S2. The summed E-state index contributed by atoms with van der Waals surface area (Å²) in [6, 6.07) is 12.3. The van der Waals surface area contributed by atoms with Crippen LogP contribution in [-0.4, -0.2) is 41.3 Å². The van der Waals surface area contributed by atoms with E-state index < -0.39 is 25.8 Å². The molecule has 0 unspecified atom stereocenters. The largest absolute Gasteiger partial charge is 0.322 e. The SMILES string of the molecule is CS(=O)(=O)c1cccc(NC(=O)c2cccc(N3CCCS3(=O)=O)c2)c1. The van der Waals surface area contributed by atoms with Gasteiger partial charge in [0.1, 0.15) is 0 Å². The number of rotatable bonds is 4. The molecule has 1 heterocycles. The average Bonchev–Trinajstić information content (AvgIpc) is 2.94. The highest BCUT2D eigenvalue weighted by molar-refractivity contribution is 7.93. The van der Waals surface area contributed by atoms with Gasteiger partial charge in [-0.1, -0.05) is 12.1 Å². The number of nitrogens with one attached hydrogen (secondary N) is 1. The van der Waals surface area contributed by atoms with Gasteiger partial charge in [0.25, 0.3) is 5.91 Å². The molecule has 1 amide bonds. The number of hydrogen-bond donors (Lipinski definition) is 1. The summed E-state index contributed by atoms with van der Waals surface area (Å²) >= 11 is 0. The zero-order valence-electron chi connectivity index (χ0n) is 14.0. The Morgan fingerprint density at radius 1 is 1.12 bits per heavy atom. The van der Waals surface area contributed by atoms with Crippen LogP contribution in [0.2, 0.25) is 0 Å². The van der Waals surface area contributed by atoms with Crippen LogP contribution in [0, 0.1) is 0 Å². The maximum absolute atomic E-state index is 12.5. The zero-order valence-corrected chi connectivity index (χ0v) is 15.7. The van der Waals surface area contributed by atoms with Crippen molar-refractivity contribution in [1.82, 2.24) is 0 Å². The summed E-state index contributed by atoms with van der Waals surface area (Å²) in [6.07, 6.45) is 1.64. The van der Waals surface area contributed by atoms with Crippen molar-refractivity contribution >= 4 is 37.1 Å². The van der Waals surface area contributed by atoms with Gasteiger partial charge in [-0.15, -0.1) is 0 Å². The molecule has 0 saturated carbocycles. The lowest BCUT2D eigenvalue weighted by Crippen LogP contribution is -2.25. The Hall–Kier alpha value is -2.39. The van der Waals surface area contributed by atoms with Crippen molar-refractivity contribution in [3.05, 3.63) is 54.1 Å². The van der Waals surface area contributed by atoms with E-state index in [0.29, 0.717) is 24.3 Å². The molecule has 9 heteroatoms. The number of sulfone groups is 1. The minimum Gasteiger partial charge on any atom is -0.322 e. The second-order valence-electron chi connectivity index (χ2n) is 6.05. The molecule has 1 fully saturated rings. The number of amides is 1. The molecule has 0 aliphatic carbocycles. The number of sulfonamides is 1. The zero-order chi connectivity index (χ0) is 18.9. The van der Waals surface area contributed by atoms with Gasteiger partial charge in [-0.2, -0.15) is 0 Å². The van der Waals surface area contributed by atoms with Crippen LogP contribution in [0.25, 0.3) is 0 Å². The van der Waals surface area contributed by atoms with E-state index in [2.05, 4.69) is 5.32 Å². The quantitative estimate of drug-likeness (QED) is 0.853. The lowest BCUT2D eigenvalue weighted by atomic mass is 10.1. The number of carbonyl (C=O) groups excluding carboxylic acids is 1. The molecule has 2 aromatic rings. The summed E-state index contributed by atoms with van der Waals surface area (Å²) < 4.78 is 48.6. The Morgan fingerprint density at radius 3 is 2.50 bits per heavy atom. The number of carbonyl (C=O) groups is 1. The Morgan fingerprint density at radius 2 is 1.85 bits per heavy atom. The smallest absolute Gasteiger partial charge is 0.255 e. The van der Waals surface area contributed by atoms with Gasteiger partial charge in [-0.05, 0) is 42.8 Å². The molecule has 0 bridgehead atoms. The van der Waals surface area contributed by atoms with Crippen molar-refractivity contribution < 1.29 is 21.6 Å². The van der Waals surface area contributed by atoms with E-state index in [4.69, 9.17) is 0 Å². The van der Waals surface area contributed by atoms with Crippen LogP contribution in [0.4, 0.5) is 11.4 Å². The lowest BCUT2D eigenvalue weighted by Gasteiger charge is -2.17. The van der Waals surface area contributed by atoms with Crippen molar-refractivity contribution in [2.45, 2.75) is 11.3 Å². The molecule has 0 aromatic heterocycles. The Kier molecular flexibility index (Phi) is 4.76. The molecule has 3 rings (SSSR count). The normalized spacial score (nSPS) is 16.4. The number of benzene rings is 2. The highest BCUT2D eigenvalue weighted by Crippen LogP contribution is 2.25.